The molecule has 0 unspecified atom stereocenters. The van der Waals surface area contributed by atoms with Crippen LogP contribution < -0.4 is 5.73 Å². The van der Waals surface area contributed by atoms with E-state index in [1.807, 2.05) is 30.3 Å². The Hall–Kier alpha value is -1.99. The Morgan fingerprint density at radius 3 is 2.65 bits per heavy atom. The average molecular weight is 247 g/mol. The van der Waals surface area contributed by atoms with E-state index < -0.39 is 0 Å². The van der Waals surface area contributed by atoms with Crippen LogP contribution in [0.1, 0.15) is 16.8 Å². The second kappa shape index (κ2) is 4.89. The highest BCUT2D eigenvalue weighted by Crippen LogP contribution is 2.15. The molecule has 0 saturated carbocycles. The number of nitrogen functional groups attached to an aromatic ring is 1. The Bertz CT molecular complexity index is 551. The topological polar surface area (TPSA) is 78.5 Å². The van der Waals surface area contributed by atoms with Crippen LogP contribution in [0.5, 0.6) is 0 Å². The van der Waals surface area contributed by atoms with E-state index in [2.05, 4.69) is 10.2 Å². The Kier molecular flexibility index (Phi) is 3.31. The summed E-state index contributed by atoms with van der Waals surface area (Å²) in [6, 6.07) is 9.68. The van der Waals surface area contributed by atoms with E-state index in [9.17, 15) is 0 Å². The Morgan fingerprint density at radius 1 is 1.29 bits per heavy atom. The van der Waals surface area contributed by atoms with Gasteiger partial charge in [0.1, 0.15) is 11.6 Å². The molecule has 0 atom stereocenters. The molecular formula is C12H11ClN4. The van der Waals surface area contributed by atoms with Crippen molar-refractivity contribution in [2.45, 2.75) is 12.8 Å². The predicted molar refractivity (Wildman–Crippen MR) is 66.6 cm³/mol. The van der Waals surface area contributed by atoms with Gasteiger partial charge in [-0.3, -0.25) is 5.10 Å². The van der Waals surface area contributed by atoms with Crippen molar-refractivity contribution in [3.63, 3.8) is 0 Å². The molecule has 5 heteroatoms. The molecule has 86 valence electrons. The van der Waals surface area contributed by atoms with Crippen molar-refractivity contribution in [1.29, 1.82) is 5.26 Å². The average Bonchev–Trinajstić information content (AvgIpc) is 2.69. The molecule has 2 rings (SSSR count). The highest BCUT2D eigenvalue weighted by molar-refractivity contribution is 6.30. The number of nitrogens with two attached hydrogens (primary N) is 1. The fourth-order valence-electron chi connectivity index (χ4n) is 1.62. The zero-order chi connectivity index (χ0) is 12.3. The zero-order valence-electron chi connectivity index (χ0n) is 9.07. The van der Waals surface area contributed by atoms with Gasteiger partial charge in [0, 0.05) is 5.02 Å². The maximum atomic E-state index is 8.91. The molecule has 1 aromatic carbocycles. The van der Waals surface area contributed by atoms with E-state index in [1.165, 1.54) is 0 Å². The van der Waals surface area contributed by atoms with Crippen LogP contribution in [-0.4, -0.2) is 10.2 Å². The van der Waals surface area contributed by atoms with E-state index in [0.29, 0.717) is 12.0 Å². The lowest BCUT2D eigenvalue weighted by Crippen LogP contribution is -1.95. The summed E-state index contributed by atoms with van der Waals surface area (Å²) < 4.78 is 0. The van der Waals surface area contributed by atoms with Crippen molar-refractivity contribution in [2.75, 3.05) is 5.73 Å². The highest BCUT2D eigenvalue weighted by Gasteiger charge is 2.09. The van der Waals surface area contributed by atoms with E-state index in [0.717, 1.165) is 22.7 Å². The molecule has 2 aromatic rings. The number of rotatable bonds is 3. The summed E-state index contributed by atoms with van der Waals surface area (Å²) in [7, 11) is 0. The molecule has 17 heavy (non-hydrogen) atoms. The second-order valence-electron chi connectivity index (χ2n) is 3.70. The molecule has 0 aliphatic carbocycles. The minimum atomic E-state index is 0.263. The van der Waals surface area contributed by atoms with Crippen LogP contribution in [0, 0.1) is 11.3 Å². The first kappa shape index (κ1) is 11.5. The minimum Gasteiger partial charge on any atom is -0.381 e. The van der Waals surface area contributed by atoms with Gasteiger partial charge in [-0.15, -0.1) is 0 Å². The van der Waals surface area contributed by atoms with Gasteiger partial charge in [0.15, 0.2) is 5.82 Å². The molecule has 0 fully saturated rings. The van der Waals surface area contributed by atoms with E-state index >= 15 is 0 Å². The van der Waals surface area contributed by atoms with Crippen LogP contribution in [0.2, 0.25) is 5.02 Å². The number of H-pyrrole nitrogens is 1. The van der Waals surface area contributed by atoms with Gasteiger partial charge in [-0.25, -0.2) is 0 Å². The smallest absolute Gasteiger partial charge is 0.163 e. The number of halogens is 1. The van der Waals surface area contributed by atoms with Gasteiger partial charge in [-0.05, 0) is 30.5 Å². The number of aromatic amines is 1. The number of nitrogens with one attached hydrogen (secondary N) is 1. The number of hydrogen-bond donors (Lipinski definition) is 2. The van der Waals surface area contributed by atoms with Gasteiger partial charge in [0.25, 0.3) is 0 Å². The second-order valence-corrected chi connectivity index (χ2v) is 4.14. The van der Waals surface area contributed by atoms with Crippen LogP contribution in [0.4, 0.5) is 5.82 Å². The molecule has 3 N–H and O–H groups in total. The fraction of sp³-hybridized carbons (Fsp3) is 0.167. The lowest BCUT2D eigenvalue weighted by molar-refractivity contribution is 0.891. The van der Waals surface area contributed by atoms with Gasteiger partial charge in [0.05, 0.1) is 5.69 Å². The molecule has 0 radical (unpaired) electrons. The number of nitrogens with zero attached hydrogens (tertiary/aromatic N) is 2. The number of hydrogen-bond acceptors (Lipinski definition) is 3. The zero-order valence-corrected chi connectivity index (χ0v) is 9.83. The van der Waals surface area contributed by atoms with Crippen LogP contribution in [0.25, 0.3) is 0 Å². The normalized spacial score (nSPS) is 10.1. The fourth-order valence-corrected chi connectivity index (χ4v) is 1.75. The summed E-state index contributed by atoms with van der Waals surface area (Å²) in [4.78, 5) is 0. The first-order valence-electron chi connectivity index (χ1n) is 5.18. The molecule has 0 amide bonds. The van der Waals surface area contributed by atoms with Crippen LogP contribution in [0.3, 0.4) is 0 Å². The first-order valence-corrected chi connectivity index (χ1v) is 5.55. The SMILES string of the molecule is N#Cc1c(N)n[nH]c1CCc1ccc(Cl)cc1. The molecule has 0 aliphatic rings. The third kappa shape index (κ3) is 2.58. The Balaban J connectivity index is 2.08. The van der Waals surface area contributed by atoms with Crippen molar-refractivity contribution < 1.29 is 0 Å². The van der Waals surface area contributed by atoms with E-state index in [1.54, 1.807) is 0 Å². The predicted octanol–water partition coefficient (Wildman–Crippen LogP) is 2.30. The van der Waals surface area contributed by atoms with Gasteiger partial charge in [0.2, 0.25) is 0 Å². The number of benzene rings is 1. The third-order valence-corrected chi connectivity index (χ3v) is 2.81. The largest absolute Gasteiger partial charge is 0.381 e. The van der Waals surface area contributed by atoms with E-state index in [4.69, 9.17) is 22.6 Å². The lowest BCUT2D eigenvalue weighted by atomic mass is 10.1. The molecular weight excluding hydrogens is 236 g/mol. The number of nitriles is 1. The summed E-state index contributed by atoms with van der Waals surface area (Å²) in [5.74, 6) is 0.263. The number of aryl methyl sites for hydroxylation is 2. The maximum Gasteiger partial charge on any atom is 0.163 e. The third-order valence-electron chi connectivity index (χ3n) is 2.56. The van der Waals surface area contributed by atoms with Crippen molar-refractivity contribution >= 4 is 17.4 Å². The summed E-state index contributed by atoms with van der Waals surface area (Å²) in [5, 5.41) is 16.2. The van der Waals surface area contributed by atoms with Crippen LogP contribution in [0.15, 0.2) is 24.3 Å². The lowest BCUT2D eigenvalue weighted by Gasteiger charge is -2.00. The highest BCUT2D eigenvalue weighted by atomic mass is 35.5. The molecule has 1 aromatic heterocycles. The molecule has 1 heterocycles. The maximum absolute atomic E-state index is 8.91. The molecule has 0 aliphatic heterocycles. The van der Waals surface area contributed by atoms with Gasteiger partial charge >= 0.3 is 0 Å². The standard InChI is InChI=1S/C12H11ClN4/c13-9-4-1-8(2-5-9)3-6-11-10(7-14)12(15)17-16-11/h1-2,4-5H,3,6H2,(H3,15,16,17). The molecule has 0 bridgehead atoms. The number of aromatic nitrogens is 2. The van der Waals surface area contributed by atoms with Crippen LogP contribution in [-0.2, 0) is 12.8 Å². The Labute approximate surface area is 104 Å². The Morgan fingerprint density at radius 2 is 2.00 bits per heavy atom. The van der Waals surface area contributed by atoms with E-state index in [-0.39, 0.29) is 5.82 Å². The van der Waals surface area contributed by atoms with Crippen molar-refractivity contribution in [2.24, 2.45) is 0 Å². The summed E-state index contributed by atoms with van der Waals surface area (Å²) in [6.07, 6.45) is 1.52. The van der Waals surface area contributed by atoms with Crippen molar-refractivity contribution in [1.82, 2.24) is 10.2 Å². The summed E-state index contributed by atoms with van der Waals surface area (Å²) >= 11 is 5.80. The minimum absolute atomic E-state index is 0.263. The van der Waals surface area contributed by atoms with Crippen molar-refractivity contribution in [3.05, 3.63) is 46.1 Å². The summed E-state index contributed by atoms with van der Waals surface area (Å²) in [5.41, 5.74) is 7.94. The van der Waals surface area contributed by atoms with Gasteiger partial charge in [-0.2, -0.15) is 10.4 Å². The van der Waals surface area contributed by atoms with Crippen molar-refractivity contribution in [3.8, 4) is 6.07 Å². The number of anilines is 1. The molecule has 0 saturated heterocycles. The quantitative estimate of drug-likeness (QED) is 0.872. The first-order chi connectivity index (χ1) is 8.20. The van der Waals surface area contributed by atoms with Gasteiger partial charge < -0.3 is 5.73 Å². The van der Waals surface area contributed by atoms with Crippen LogP contribution >= 0.6 is 11.6 Å². The molecule has 0 spiro atoms. The monoisotopic (exact) mass is 246 g/mol. The van der Waals surface area contributed by atoms with Gasteiger partial charge in [-0.1, -0.05) is 23.7 Å². The summed E-state index contributed by atoms with van der Waals surface area (Å²) in [6.45, 7) is 0. The molecule has 4 nitrogen and oxygen atoms in total.